The minimum atomic E-state index is -0.464. The normalized spacial score (nSPS) is 18.0. The molecule has 1 fully saturated rings. The molecule has 0 aromatic carbocycles. The van der Waals surface area contributed by atoms with Crippen LogP contribution < -0.4 is 11.1 Å². The van der Waals surface area contributed by atoms with Crippen LogP contribution in [0.1, 0.15) is 32.6 Å². The zero-order valence-corrected chi connectivity index (χ0v) is 12.6. The molecule has 1 aliphatic rings. The molecule has 1 saturated heterocycles. The van der Waals surface area contributed by atoms with Gasteiger partial charge in [0.1, 0.15) is 0 Å². The van der Waals surface area contributed by atoms with Gasteiger partial charge in [0.25, 0.3) is 0 Å². The summed E-state index contributed by atoms with van der Waals surface area (Å²) in [4.78, 5) is 0. The van der Waals surface area contributed by atoms with Crippen LogP contribution in [-0.2, 0) is 18.6 Å². The van der Waals surface area contributed by atoms with Crippen molar-refractivity contribution in [3.05, 3.63) is 0 Å². The fourth-order valence-electron chi connectivity index (χ4n) is 1.85. The van der Waals surface area contributed by atoms with Crippen molar-refractivity contribution in [3.8, 4) is 0 Å². The Morgan fingerprint density at radius 2 is 1.80 bits per heavy atom. The maximum atomic E-state index is 5.76. The third-order valence-electron chi connectivity index (χ3n) is 2.90. The fraction of sp³-hybridized carbons (Fsp3) is 1.00. The predicted octanol–water partition coefficient (Wildman–Crippen LogP) is 0.250. The molecule has 0 aliphatic carbocycles. The summed E-state index contributed by atoms with van der Waals surface area (Å²) in [7, 11) is -0.911. The summed E-state index contributed by atoms with van der Waals surface area (Å²) in [6, 6.07) is 0. The van der Waals surface area contributed by atoms with Crippen LogP contribution in [-0.4, -0.2) is 60.1 Å². The average molecular weight is 286 g/mol. The van der Waals surface area contributed by atoms with Crippen LogP contribution in [0, 0.1) is 0 Å². The van der Waals surface area contributed by atoms with Crippen molar-refractivity contribution in [3.63, 3.8) is 0 Å². The lowest BCUT2D eigenvalue weighted by Crippen LogP contribution is -2.47. The van der Waals surface area contributed by atoms with Gasteiger partial charge in [-0.15, -0.1) is 0 Å². The Morgan fingerprint density at radius 3 is 2.40 bits per heavy atom. The first-order valence-corrected chi connectivity index (χ1v) is 7.75. The minimum Gasteiger partial charge on any atom is -0.413 e. The maximum absolute atomic E-state index is 5.76. The zero-order chi connectivity index (χ0) is 14.5. The lowest BCUT2D eigenvalue weighted by atomic mass is 9.48. The average Bonchev–Trinajstić information content (AvgIpc) is 2.48. The Labute approximate surface area is 123 Å². The molecule has 1 rings (SSSR count). The van der Waals surface area contributed by atoms with E-state index in [1.807, 2.05) is 0 Å². The zero-order valence-electron chi connectivity index (χ0n) is 12.6. The van der Waals surface area contributed by atoms with Gasteiger partial charge in [-0.05, 0) is 45.3 Å². The van der Waals surface area contributed by atoms with Crippen molar-refractivity contribution < 1.29 is 18.6 Å². The summed E-state index contributed by atoms with van der Waals surface area (Å²) in [6.07, 6.45) is 3.67. The van der Waals surface area contributed by atoms with Gasteiger partial charge >= 0.3 is 14.0 Å². The highest BCUT2D eigenvalue weighted by atomic mass is 16.6. The van der Waals surface area contributed by atoms with Crippen LogP contribution in [0.2, 0.25) is 0 Å². The molecule has 0 atom stereocenters. The smallest absolute Gasteiger partial charge is 0.413 e. The van der Waals surface area contributed by atoms with E-state index in [1.165, 1.54) is 0 Å². The summed E-state index contributed by atoms with van der Waals surface area (Å²) in [6.45, 7) is 7.11. The Hall–Kier alpha value is -0.110. The third-order valence-corrected chi connectivity index (χ3v) is 2.90. The molecular formula is C12H28B2N2O4. The van der Waals surface area contributed by atoms with Crippen LogP contribution in [0.15, 0.2) is 0 Å². The summed E-state index contributed by atoms with van der Waals surface area (Å²) in [5.41, 5.74) is 5.49. The van der Waals surface area contributed by atoms with Gasteiger partial charge in [0.2, 0.25) is 0 Å². The standard InChI is InChI=1S/C12H28B2N2O4/c1-2-9-17-13(18-10-3-6-15)14-19-11-4-7-16-8-5-12-20-14/h16H,2-12,15H2,1H3. The van der Waals surface area contributed by atoms with E-state index >= 15 is 0 Å². The van der Waals surface area contributed by atoms with Gasteiger partial charge in [-0.1, -0.05) is 6.92 Å². The molecule has 8 heteroatoms. The summed E-state index contributed by atoms with van der Waals surface area (Å²) < 4.78 is 23.0. The largest absolute Gasteiger partial charge is 0.487 e. The lowest BCUT2D eigenvalue weighted by Gasteiger charge is -2.22. The first-order chi connectivity index (χ1) is 9.88. The Morgan fingerprint density at radius 1 is 1.15 bits per heavy atom. The van der Waals surface area contributed by atoms with E-state index in [9.17, 15) is 0 Å². The van der Waals surface area contributed by atoms with Crippen LogP contribution in [0.25, 0.3) is 0 Å². The van der Waals surface area contributed by atoms with E-state index in [1.54, 1.807) is 0 Å². The molecule has 0 saturated carbocycles. The second kappa shape index (κ2) is 12.6. The van der Waals surface area contributed by atoms with Gasteiger partial charge in [-0.3, -0.25) is 0 Å². The number of rotatable bonds is 8. The van der Waals surface area contributed by atoms with Crippen molar-refractivity contribution >= 4 is 14.0 Å². The highest BCUT2D eigenvalue weighted by Gasteiger charge is 2.39. The molecule has 0 aromatic rings. The van der Waals surface area contributed by atoms with Gasteiger partial charge in [0, 0.05) is 26.4 Å². The third kappa shape index (κ3) is 8.24. The summed E-state index contributed by atoms with van der Waals surface area (Å²) in [5, 5.41) is 3.34. The number of hydrogen-bond donors (Lipinski definition) is 2. The lowest BCUT2D eigenvalue weighted by molar-refractivity contribution is 0.160. The van der Waals surface area contributed by atoms with Crippen molar-refractivity contribution in [2.75, 3.05) is 46.1 Å². The van der Waals surface area contributed by atoms with Crippen molar-refractivity contribution in [2.24, 2.45) is 5.73 Å². The molecular weight excluding hydrogens is 258 g/mol. The minimum absolute atomic E-state index is 0.447. The monoisotopic (exact) mass is 286 g/mol. The molecule has 1 aliphatic heterocycles. The number of nitrogens with two attached hydrogens (primary N) is 1. The Kier molecular flexibility index (Phi) is 11.3. The Balaban J connectivity index is 2.43. The van der Waals surface area contributed by atoms with Gasteiger partial charge in [0.15, 0.2) is 0 Å². The van der Waals surface area contributed by atoms with Crippen LogP contribution in [0.4, 0.5) is 0 Å². The van der Waals surface area contributed by atoms with Crippen molar-refractivity contribution in [1.82, 2.24) is 5.32 Å². The first-order valence-electron chi connectivity index (χ1n) is 7.75. The van der Waals surface area contributed by atoms with Crippen molar-refractivity contribution in [2.45, 2.75) is 32.6 Å². The van der Waals surface area contributed by atoms with Gasteiger partial charge in [0.05, 0.1) is 0 Å². The van der Waals surface area contributed by atoms with Gasteiger partial charge < -0.3 is 29.7 Å². The highest BCUT2D eigenvalue weighted by molar-refractivity contribution is 7.10. The van der Waals surface area contributed by atoms with Crippen LogP contribution in [0.5, 0.6) is 0 Å². The van der Waals surface area contributed by atoms with Gasteiger partial charge in [-0.25, -0.2) is 0 Å². The van der Waals surface area contributed by atoms with E-state index in [0.29, 0.717) is 33.0 Å². The SMILES string of the molecule is CCCOB(OCCCN)B1OCCCNCCCO1. The van der Waals surface area contributed by atoms with E-state index in [0.717, 1.165) is 38.8 Å². The summed E-state index contributed by atoms with van der Waals surface area (Å²) in [5.74, 6) is 0. The quantitative estimate of drug-likeness (QED) is 0.492. The second-order valence-corrected chi connectivity index (χ2v) is 4.82. The molecule has 116 valence electrons. The maximum Gasteiger partial charge on any atom is 0.487 e. The van der Waals surface area contributed by atoms with Crippen LogP contribution in [0.3, 0.4) is 0 Å². The number of nitrogens with one attached hydrogen (secondary N) is 1. The molecule has 0 bridgehead atoms. The van der Waals surface area contributed by atoms with E-state index in [-0.39, 0.29) is 0 Å². The molecule has 6 nitrogen and oxygen atoms in total. The van der Waals surface area contributed by atoms with E-state index in [2.05, 4.69) is 12.2 Å². The summed E-state index contributed by atoms with van der Waals surface area (Å²) >= 11 is 0. The Bertz CT molecular complexity index is 215. The number of hydrogen-bond acceptors (Lipinski definition) is 6. The second-order valence-electron chi connectivity index (χ2n) is 4.82. The molecule has 0 unspecified atom stereocenters. The molecule has 0 amide bonds. The molecule has 0 spiro atoms. The van der Waals surface area contributed by atoms with Crippen molar-refractivity contribution in [1.29, 1.82) is 0 Å². The highest BCUT2D eigenvalue weighted by Crippen LogP contribution is 2.04. The molecule has 0 aromatic heterocycles. The van der Waals surface area contributed by atoms with Gasteiger partial charge in [-0.2, -0.15) is 0 Å². The molecule has 1 heterocycles. The van der Waals surface area contributed by atoms with Crippen LogP contribution >= 0.6 is 0 Å². The molecule has 20 heavy (non-hydrogen) atoms. The van der Waals surface area contributed by atoms with E-state index in [4.69, 9.17) is 24.4 Å². The topological polar surface area (TPSA) is 75.0 Å². The first kappa shape index (κ1) is 17.9. The predicted molar refractivity (Wildman–Crippen MR) is 81.4 cm³/mol. The van der Waals surface area contributed by atoms with E-state index < -0.39 is 14.0 Å². The molecule has 3 N–H and O–H groups in total. The fourth-order valence-corrected chi connectivity index (χ4v) is 1.85. The molecule has 0 radical (unpaired) electrons.